The van der Waals surface area contributed by atoms with E-state index in [9.17, 15) is 4.79 Å². The molecule has 0 radical (unpaired) electrons. The van der Waals surface area contributed by atoms with E-state index in [1.54, 1.807) is 0 Å². The number of carbonyl (C=O) groups is 1. The van der Waals surface area contributed by atoms with Crippen molar-refractivity contribution < 1.29 is 9.90 Å². The summed E-state index contributed by atoms with van der Waals surface area (Å²) in [6.07, 6.45) is 0.655. The maximum Gasteiger partial charge on any atom is 0.317 e. The monoisotopic (exact) mass is 239 g/mol. The zero-order chi connectivity index (χ0) is 12.0. The van der Waals surface area contributed by atoms with Crippen molar-refractivity contribution in [2.24, 2.45) is 0 Å². The van der Waals surface area contributed by atoms with Crippen LogP contribution in [0.1, 0.15) is 6.42 Å². The number of carboxylic acids is 1. The molecule has 1 rings (SSSR count). The van der Waals surface area contributed by atoms with Crippen LogP contribution < -0.4 is 0 Å². The Bertz CT molecular complexity index is 327. The van der Waals surface area contributed by atoms with Gasteiger partial charge in [0.1, 0.15) is 5.25 Å². The van der Waals surface area contributed by atoms with Crippen LogP contribution in [0, 0.1) is 0 Å². The van der Waals surface area contributed by atoms with Gasteiger partial charge in [-0.15, -0.1) is 11.8 Å². The van der Waals surface area contributed by atoms with Crippen LogP contribution in [-0.2, 0) is 4.79 Å². The first-order valence-electron chi connectivity index (χ1n) is 5.19. The smallest absolute Gasteiger partial charge is 0.317 e. The van der Waals surface area contributed by atoms with E-state index in [1.165, 1.54) is 11.8 Å². The van der Waals surface area contributed by atoms with E-state index in [0.717, 1.165) is 11.4 Å². The lowest BCUT2D eigenvalue weighted by Gasteiger charge is -2.15. The molecule has 0 saturated heterocycles. The van der Waals surface area contributed by atoms with E-state index in [0.29, 0.717) is 6.42 Å². The van der Waals surface area contributed by atoms with E-state index >= 15 is 0 Å². The minimum Gasteiger partial charge on any atom is -0.480 e. The lowest BCUT2D eigenvalue weighted by atomic mass is 10.3. The third-order valence-corrected chi connectivity index (χ3v) is 3.40. The van der Waals surface area contributed by atoms with Crippen LogP contribution in [0.4, 0.5) is 0 Å². The fraction of sp³-hybridized carbons (Fsp3) is 0.417. The van der Waals surface area contributed by atoms with Crippen molar-refractivity contribution in [1.29, 1.82) is 0 Å². The molecule has 0 aliphatic heterocycles. The molecule has 4 heteroatoms. The molecule has 0 spiro atoms. The Labute approximate surface area is 100 Å². The van der Waals surface area contributed by atoms with Crippen LogP contribution in [0.25, 0.3) is 0 Å². The Morgan fingerprint density at radius 1 is 1.38 bits per heavy atom. The van der Waals surface area contributed by atoms with Crippen LogP contribution in [0.2, 0.25) is 0 Å². The first kappa shape index (κ1) is 13.1. The highest BCUT2D eigenvalue weighted by Crippen LogP contribution is 2.25. The second-order valence-corrected chi connectivity index (χ2v) is 5.13. The van der Waals surface area contributed by atoms with Gasteiger partial charge in [-0.2, -0.15) is 0 Å². The highest BCUT2D eigenvalue weighted by Gasteiger charge is 2.18. The predicted molar refractivity (Wildman–Crippen MR) is 66.9 cm³/mol. The van der Waals surface area contributed by atoms with Crippen molar-refractivity contribution >= 4 is 17.7 Å². The molecule has 0 saturated carbocycles. The third kappa shape index (κ3) is 4.68. The molecule has 88 valence electrons. The summed E-state index contributed by atoms with van der Waals surface area (Å²) >= 11 is 1.41. The van der Waals surface area contributed by atoms with E-state index < -0.39 is 5.97 Å². The predicted octanol–water partition coefficient (Wildman–Crippen LogP) is 2.18. The number of benzene rings is 1. The quantitative estimate of drug-likeness (QED) is 0.773. The normalized spacial score (nSPS) is 12.7. The number of nitrogens with zero attached hydrogens (tertiary/aromatic N) is 1. The SMILES string of the molecule is CN(C)CCC(Sc1ccccc1)C(=O)O. The average Bonchev–Trinajstić information content (AvgIpc) is 2.25. The van der Waals surface area contributed by atoms with Crippen LogP contribution >= 0.6 is 11.8 Å². The van der Waals surface area contributed by atoms with Gasteiger partial charge < -0.3 is 10.0 Å². The molecule has 0 fully saturated rings. The van der Waals surface area contributed by atoms with Gasteiger partial charge in [0.25, 0.3) is 0 Å². The summed E-state index contributed by atoms with van der Waals surface area (Å²) in [5.41, 5.74) is 0. The molecule has 0 aliphatic carbocycles. The molecule has 1 atom stereocenters. The van der Waals surface area contributed by atoms with Crippen molar-refractivity contribution in [3.63, 3.8) is 0 Å². The van der Waals surface area contributed by atoms with Crippen molar-refractivity contribution in [2.45, 2.75) is 16.6 Å². The first-order chi connectivity index (χ1) is 7.59. The molecule has 3 nitrogen and oxygen atoms in total. The molecule has 1 aromatic rings. The molecule has 0 aromatic heterocycles. The molecule has 1 N–H and O–H groups in total. The molecule has 0 bridgehead atoms. The molecule has 1 unspecified atom stereocenters. The van der Waals surface area contributed by atoms with Gasteiger partial charge in [0.05, 0.1) is 0 Å². The second kappa shape index (κ2) is 6.55. The van der Waals surface area contributed by atoms with Gasteiger partial charge in [0.15, 0.2) is 0 Å². The van der Waals surface area contributed by atoms with Crippen LogP contribution in [0.5, 0.6) is 0 Å². The summed E-state index contributed by atoms with van der Waals surface area (Å²) < 4.78 is 0. The summed E-state index contributed by atoms with van der Waals surface area (Å²) in [7, 11) is 3.90. The van der Waals surface area contributed by atoms with Crippen molar-refractivity contribution in [2.75, 3.05) is 20.6 Å². The fourth-order valence-corrected chi connectivity index (χ4v) is 2.24. The van der Waals surface area contributed by atoms with Gasteiger partial charge in [-0.05, 0) is 39.2 Å². The number of carboxylic acid groups (broad SMARTS) is 1. The van der Waals surface area contributed by atoms with E-state index in [2.05, 4.69) is 0 Å². The number of hydrogen-bond acceptors (Lipinski definition) is 3. The minimum absolute atomic E-state index is 0.371. The Balaban J connectivity index is 2.55. The number of rotatable bonds is 6. The summed E-state index contributed by atoms with van der Waals surface area (Å²) in [5, 5.41) is 8.74. The minimum atomic E-state index is -0.740. The Morgan fingerprint density at radius 2 is 2.00 bits per heavy atom. The molecular formula is C12H17NO2S. The van der Waals surface area contributed by atoms with Crippen LogP contribution in [-0.4, -0.2) is 41.9 Å². The number of thioether (sulfide) groups is 1. The lowest BCUT2D eigenvalue weighted by Crippen LogP contribution is -2.23. The van der Waals surface area contributed by atoms with Crippen molar-refractivity contribution in [1.82, 2.24) is 4.90 Å². The molecule has 0 heterocycles. The van der Waals surface area contributed by atoms with Gasteiger partial charge in [-0.25, -0.2) is 0 Å². The third-order valence-electron chi connectivity index (χ3n) is 2.14. The van der Waals surface area contributed by atoms with E-state index in [4.69, 9.17) is 5.11 Å². The van der Waals surface area contributed by atoms with Crippen LogP contribution in [0.3, 0.4) is 0 Å². The number of aliphatic carboxylic acids is 1. The highest BCUT2D eigenvalue weighted by atomic mass is 32.2. The average molecular weight is 239 g/mol. The maximum atomic E-state index is 11.1. The van der Waals surface area contributed by atoms with Gasteiger partial charge in [0, 0.05) is 4.90 Å². The van der Waals surface area contributed by atoms with Gasteiger partial charge in [-0.3, -0.25) is 4.79 Å². The summed E-state index contributed by atoms with van der Waals surface area (Å²) in [5.74, 6) is -0.740. The Kier molecular flexibility index (Phi) is 5.35. The van der Waals surface area contributed by atoms with Crippen molar-refractivity contribution in [3.8, 4) is 0 Å². The van der Waals surface area contributed by atoms with Crippen LogP contribution in [0.15, 0.2) is 35.2 Å². The largest absolute Gasteiger partial charge is 0.480 e. The van der Waals surface area contributed by atoms with E-state index in [1.807, 2.05) is 49.3 Å². The van der Waals surface area contributed by atoms with Crippen molar-refractivity contribution in [3.05, 3.63) is 30.3 Å². The fourth-order valence-electron chi connectivity index (χ4n) is 1.27. The first-order valence-corrected chi connectivity index (χ1v) is 6.07. The highest BCUT2D eigenvalue weighted by molar-refractivity contribution is 8.00. The summed E-state index contributed by atoms with van der Waals surface area (Å²) in [6, 6.07) is 9.66. The lowest BCUT2D eigenvalue weighted by molar-refractivity contribution is -0.136. The zero-order valence-electron chi connectivity index (χ0n) is 9.59. The second-order valence-electron chi connectivity index (χ2n) is 3.85. The topological polar surface area (TPSA) is 40.5 Å². The maximum absolute atomic E-state index is 11.1. The summed E-state index contributed by atoms with van der Waals surface area (Å²) in [6.45, 7) is 0.788. The zero-order valence-corrected chi connectivity index (χ0v) is 10.4. The van der Waals surface area contributed by atoms with Gasteiger partial charge in [0.2, 0.25) is 0 Å². The number of hydrogen-bond donors (Lipinski definition) is 1. The molecule has 16 heavy (non-hydrogen) atoms. The molecule has 1 aromatic carbocycles. The standard InChI is InChI=1S/C12H17NO2S/c1-13(2)9-8-11(12(14)15)16-10-6-4-3-5-7-10/h3-7,11H,8-9H2,1-2H3,(H,14,15). The molecular weight excluding hydrogens is 222 g/mol. The van der Waals surface area contributed by atoms with E-state index in [-0.39, 0.29) is 5.25 Å². The molecule has 0 amide bonds. The Hall–Kier alpha value is -1.00. The Morgan fingerprint density at radius 3 is 2.50 bits per heavy atom. The van der Waals surface area contributed by atoms with Gasteiger partial charge in [-0.1, -0.05) is 18.2 Å². The summed E-state index contributed by atoms with van der Waals surface area (Å²) in [4.78, 5) is 14.1. The molecule has 0 aliphatic rings. The van der Waals surface area contributed by atoms with Gasteiger partial charge >= 0.3 is 5.97 Å².